The Bertz CT molecular complexity index is 459. The Kier molecular flexibility index (Phi) is 3.55. The van der Waals surface area contributed by atoms with Gasteiger partial charge < -0.3 is 10.6 Å². The van der Waals surface area contributed by atoms with E-state index in [0.717, 1.165) is 12.1 Å². The van der Waals surface area contributed by atoms with E-state index >= 15 is 0 Å². The van der Waals surface area contributed by atoms with E-state index in [1.807, 2.05) is 0 Å². The Hall–Kier alpha value is -1.58. The van der Waals surface area contributed by atoms with Crippen molar-refractivity contribution in [2.75, 3.05) is 12.3 Å². The van der Waals surface area contributed by atoms with E-state index in [-0.39, 0.29) is 11.6 Å². The van der Waals surface area contributed by atoms with Crippen molar-refractivity contribution in [1.29, 1.82) is 0 Å². The average molecular weight is 250 g/mol. The quantitative estimate of drug-likeness (QED) is 0.837. The van der Waals surface area contributed by atoms with Gasteiger partial charge in [0, 0.05) is 19.5 Å². The van der Waals surface area contributed by atoms with Gasteiger partial charge in [-0.15, -0.1) is 0 Å². The molecule has 3 nitrogen and oxygen atoms in total. The molecule has 0 bridgehead atoms. The maximum absolute atomic E-state index is 13.3. The number of benzene rings is 1. The van der Waals surface area contributed by atoms with Gasteiger partial charge in [-0.25, -0.2) is 4.39 Å². The van der Waals surface area contributed by atoms with Crippen molar-refractivity contribution in [1.82, 2.24) is 4.90 Å². The topological polar surface area (TPSA) is 46.3 Å². The number of amides is 1. The highest BCUT2D eigenvalue weighted by atomic mass is 19.1. The van der Waals surface area contributed by atoms with E-state index in [2.05, 4.69) is 13.8 Å². The molecule has 0 aromatic heterocycles. The first-order chi connectivity index (χ1) is 8.47. The van der Waals surface area contributed by atoms with Crippen molar-refractivity contribution in [3.8, 4) is 0 Å². The first kappa shape index (κ1) is 12.9. The largest absolute Gasteiger partial charge is 0.396 e. The summed E-state index contributed by atoms with van der Waals surface area (Å²) in [4.78, 5) is 13.7. The second kappa shape index (κ2) is 4.96. The SMILES string of the molecule is CC(C)C1CC(=O)N(Cc2ccc(N)c(F)c2)C1. The van der Waals surface area contributed by atoms with Gasteiger partial charge in [0.15, 0.2) is 0 Å². The smallest absolute Gasteiger partial charge is 0.223 e. The fraction of sp³-hybridized carbons (Fsp3) is 0.500. The van der Waals surface area contributed by atoms with Crippen LogP contribution in [0.5, 0.6) is 0 Å². The minimum absolute atomic E-state index is 0.145. The Morgan fingerprint density at radius 2 is 2.22 bits per heavy atom. The number of carbonyl (C=O) groups excluding carboxylic acids is 1. The number of nitrogens with zero attached hydrogens (tertiary/aromatic N) is 1. The third-order valence-electron chi connectivity index (χ3n) is 3.63. The summed E-state index contributed by atoms with van der Waals surface area (Å²) in [6.07, 6.45) is 0.606. The van der Waals surface area contributed by atoms with Crippen LogP contribution in [-0.2, 0) is 11.3 Å². The zero-order valence-corrected chi connectivity index (χ0v) is 10.8. The Balaban J connectivity index is 2.05. The van der Waals surface area contributed by atoms with E-state index in [0.29, 0.717) is 24.8 Å². The first-order valence-corrected chi connectivity index (χ1v) is 6.29. The van der Waals surface area contributed by atoms with E-state index in [4.69, 9.17) is 5.73 Å². The molecular weight excluding hydrogens is 231 g/mol. The maximum Gasteiger partial charge on any atom is 0.223 e. The summed E-state index contributed by atoms with van der Waals surface area (Å²) in [5.74, 6) is 0.656. The molecule has 18 heavy (non-hydrogen) atoms. The number of nitrogens with two attached hydrogens (primary N) is 1. The standard InChI is InChI=1S/C14H19FN2O/c1-9(2)11-6-14(18)17(8-11)7-10-3-4-13(16)12(15)5-10/h3-5,9,11H,6-8,16H2,1-2H3. The van der Waals surface area contributed by atoms with Crippen molar-refractivity contribution in [3.05, 3.63) is 29.6 Å². The van der Waals surface area contributed by atoms with Gasteiger partial charge in [0.25, 0.3) is 0 Å². The molecule has 1 fully saturated rings. The number of carbonyl (C=O) groups is 1. The summed E-state index contributed by atoms with van der Waals surface area (Å²) >= 11 is 0. The predicted molar refractivity (Wildman–Crippen MR) is 69.2 cm³/mol. The van der Waals surface area contributed by atoms with Crippen LogP contribution >= 0.6 is 0 Å². The number of likely N-dealkylation sites (tertiary alicyclic amines) is 1. The molecule has 1 heterocycles. The maximum atomic E-state index is 13.3. The van der Waals surface area contributed by atoms with Crippen LogP contribution in [0.15, 0.2) is 18.2 Å². The van der Waals surface area contributed by atoms with Gasteiger partial charge in [0.1, 0.15) is 5.82 Å². The zero-order valence-electron chi connectivity index (χ0n) is 10.8. The highest BCUT2D eigenvalue weighted by molar-refractivity contribution is 5.78. The molecule has 4 heteroatoms. The number of rotatable bonds is 3. The lowest BCUT2D eigenvalue weighted by Gasteiger charge is -2.18. The van der Waals surface area contributed by atoms with Crippen LogP contribution in [0.25, 0.3) is 0 Å². The van der Waals surface area contributed by atoms with E-state index in [1.165, 1.54) is 6.07 Å². The molecule has 1 aromatic rings. The molecule has 1 unspecified atom stereocenters. The first-order valence-electron chi connectivity index (χ1n) is 6.29. The lowest BCUT2D eigenvalue weighted by Crippen LogP contribution is -2.25. The van der Waals surface area contributed by atoms with Gasteiger partial charge >= 0.3 is 0 Å². The molecule has 98 valence electrons. The third kappa shape index (κ3) is 2.63. The van der Waals surface area contributed by atoms with Crippen LogP contribution in [0.2, 0.25) is 0 Å². The summed E-state index contributed by atoms with van der Waals surface area (Å²) in [6, 6.07) is 4.73. The number of halogens is 1. The van der Waals surface area contributed by atoms with E-state index in [9.17, 15) is 9.18 Å². The summed E-state index contributed by atoms with van der Waals surface area (Å²) < 4.78 is 13.3. The molecule has 1 aliphatic heterocycles. The van der Waals surface area contributed by atoms with Crippen molar-refractivity contribution in [3.63, 3.8) is 0 Å². The molecule has 0 spiro atoms. The lowest BCUT2D eigenvalue weighted by atomic mass is 9.95. The number of hydrogen-bond acceptors (Lipinski definition) is 2. The molecule has 0 saturated carbocycles. The van der Waals surface area contributed by atoms with Crippen LogP contribution in [0.4, 0.5) is 10.1 Å². The molecule has 0 radical (unpaired) electrons. The minimum Gasteiger partial charge on any atom is -0.396 e. The van der Waals surface area contributed by atoms with Crippen molar-refractivity contribution >= 4 is 11.6 Å². The fourth-order valence-corrected chi connectivity index (χ4v) is 2.29. The Morgan fingerprint density at radius 3 is 2.78 bits per heavy atom. The highest BCUT2D eigenvalue weighted by Crippen LogP contribution is 2.26. The molecule has 2 N–H and O–H groups in total. The van der Waals surface area contributed by atoms with Crippen LogP contribution in [0, 0.1) is 17.7 Å². The Morgan fingerprint density at radius 1 is 1.50 bits per heavy atom. The molecule has 1 aromatic carbocycles. The molecule has 1 atom stereocenters. The van der Waals surface area contributed by atoms with Crippen LogP contribution in [0.1, 0.15) is 25.8 Å². The van der Waals surface area contributed by atoms with Gasteiger partial charge in [0.2, 0.25) is 5.91 Å². The third-order valence-corrected chi connectivity index (χ3v) is 3.63. The van der Waals surface area contributed by atoms with E-state index in [1.54, 1.807) is 17.0 Å². The minimum atomic E-state index is -0.417. The predicted octanol–water partition coefficient (Wildman–Crippen LogP) is 2.41. The monoisotopic (exact) mass is 250 g/mol. The van der Waals surface area contributed by atoms with Crippen molar-refractivity contribution < 1.29 is 9.18 Å². The molecule has 1 amide bonds. The van der Waals surface area contributed by atoms with Crippen LogP contribution in [0.3, 0.4) is 0 Å². The number of anilines is 1. The highest BCUT2D eigenvalue weighted by Gasteiger charge is 2.31. The zero-order chi connectivity index (χ0) is 13.3. The second-order valence-electron chi connectivity index (χ2n) is 5.34. The lowest BCUT2D eigenvalue weighted by molar-refractivity contribution is -0.128. The van der Waals surface area contributed by atoms with Gasteiger partial charge in [-0.3, -0.25) is 4.79 Å². The number of hydrogen-bond donors (Lipinski definition) is 1. The van der Waals surface area contributed by atoms with E-state index < -0.39 is 5.82 Å². The summed E-state index contributed by atoms with van der Waals surface area (Å²) in [5.41, 5.74) is 6.37. The number of nitrogen functional groups attached to an aromatic ring is 1. The Labute approximate surface area is 107 Å². The second-order valence-corrected chi connectivity index (χ2v) is 5.34. The van der Waals surface area contributed by atoms with Gasteiger partial charge in [0.05, 0.1) is 5.69 Å². The summed E-state index contributed by atoms with van der Waals surface area (Å²) in [5, 5.41) is 0. The van der Waals surface area contributed by atoms with Crippen molar-refractivity contribution in [2.24, 2.45) is 11.8 Å². The molecule has 2 rings (SSSR count). The molecular formula is C14H19FN2O. The van der Waals surface area contributed by atoms with Crippen LogP contribution < -0.4 is 5.73 Å². The average Bonchev–Trinajstić information content (AvgIpc) is 2.66. The summed E-state index contributed by atoms with van der Waals surface area (Å²) in [7, 11) is 0. The summed E-state index contributed by atoms with van der Waals surface area (Å²) in [6.45, 7) is 5.50. The normalized spacial score (nSPS) is 19.9. The van der Waals surface area contributed by atoms with Crippen molar-refractivity contribution in [2.45, 2.75) is 26.8 Å². The fourth-order valence-electron chi connectivity index (χ4n) is 2.29. The molecule has 0 aliphatic carbocycles. The van der Waals surface area contributed by atoms with Gasteiger partial charge in [-0.05, 0) is 29.5 Å². The van der Waals surface area contributed by atoms with Gasteiger partial charge in [-0.2, -0.15) is 0 Å². The molecule has 1 aliphatic rings. The molecule has 1 saturated heterocycles. The van der Waals surface area contributed by atoms with Gasteiger partial charge in [-0.1, -0.05) is 19.9 Å². The van der Waals surface area contributed by atoms with Crippen LogP contribution in [-0.4, -0.2) is 17.4 Å².